The van der Waals surface area contributed by atoms with E-state index in [1.165, 1.54) is 0 Å². The first-order valence-electron chi connectivity index (χ1n) is 7.70. The molecule has 0 saturated heterocycles. The fraction of sp³-hybridized carbons (Fsp3) is 0.333. The van der Waals surface area contributed by atoms with Crippen LogP contribution in [-0.2, 0) is 61.1 Å². The second kappa shape index (κ2) is 14.5. The maximum absolute atomic E-state index is 8.26. The van der Waals surface area contributed by atoms with Gasteiger partial charge in [0.05, 0.1) is 0 Å². The Balaban J connectivity index is 0.00000104. The van der Waals surface area contributed by atoms with Crippen LogP contribution in [0.3, 0.4) is 0 Å². The van der Waals surface area contributed by atoms with Crippen LogP contribution in [0.5, 0.6) is 0 Å². The molecular formula is C18H23MoN2OS3-3. The van der Waals surface area contributed by atoms with Gasteiger partial charge in [-0.25, -0.2) is 0 Å². The summed E-state index contributed by atoms with van der Waals surface area (Å²) >= 11 is 15.8. The van der Waals surface area contributed by atoms with Gasteiger partial charge in [-0.15, -0.1) is 0 Å². The molecule has 2 aromatic carbocycles. The van der Waals surface area contributed by atoms with Crippen molar-refractivity contribution in [1.82, 2.24) is 0 Å². The fourth-order valence-corrected chi connectivity index (χ4v) is 2.69. The van der Waals surface area contributed by atoms with Gasteiger partial charge in [0.15, 0.2) is 0 Å². The van der Waals surface area contributed by atoms with Gasteiger partial charge in [0.1, 0.15) is 0 Å². The Bertz CT molecular complexity index is 565. The SMILES string of the molecule is CC[S-].CN(CCN(C)c1ccccc1[S-])c1ccccc1[S-].[O]=[Mo]. The molecule has 0 aliphatic rings. The molecule has 138 valence electrons. The molecule has 0 spiro atoms. The molecular weight excluding hydrogens is 452 g/mol. The zero-order valence-electron chi connectivity index (χ0n) is 14.7. The van der Waals surface area contributed by atoms with Crippen molar-refractivity contribution in [3.63, 3.8) is 0 Å². The van der Waals surface area contributed by atoms with Crippen LogP contribution in [0.4, 0.5) is 11.4 Å². The molecule has 0 aromatic heterocycles. The van der Waals surface area contributed by atoms with Crippen molar-refractivity contribution in [2.45, 2.75) is 16.7 Å². The van der Waals surface area contributed by atoms with E-state index in [9.17, 15) is 0 Å². The molecule has 0 radical (unpaired) electrons. The molecule has 25 heavy (non-hydrogen) atoms. The summed E-state index contributed by atoms with van der Waals surface area (Å²) in [5.41, 5.74) is 2.20. The van der Waals surface area contributed by atoms with E-state index in [4.69, 9.17) is 28.7 Å². The summed E-state index contributed by atoms with van der Waals surface area (Å²) in [6, 6.07) is 16.0. The van der Waals surface area contributed by atoms with E-state index in [2.05, 4.69) is 48.7 Å². The summed E-state index contributed by atoms with van der Waals surface area (Å²) in [4.78, 5) is 6.15. The van der Waals surface area contributed by atoms with Crippen LogP contribution in [0.1, 0.15) is 6.92 Å². The van der Waals surface area contributed by atoms with Crippen molar-refractivity contribution < 1.29 is 23.2 Å². The molecule has 0 fully saturated rings. The third-order valence-corrected chi connectivity index (χ3v) is 4.01. The van der Waals surface area contributed by atoms with Crippen LogP contribution in [0.25, 0.3) is 0 Å². The molecule has 0 amide bonds. The van der Waals surface area contributed by atoms with Gasteiger partial charge in [-0.3, -0.25) is 0 Å². The predicted octanol–water partition coefficient (Wildman–Crippen LogP) is 3.50. The predicted molar refractivity (Wildman–Crippen MR) is 109 cm³/mol. The van der Waals surface area contributed by atoms with E-state index >= 15 is 0 Å². The molecule has 0 bridgehead atoms. The summed E-state index contributed by atoms with van der Waals surface area (Å²) < 4.78 is 8.26. The summed E-state index contributed by atoms with van der Waals surface area (Å²) in [5, 5.41) is 0. The van der Waals surface area contributed by atoms with Gasteiger partial charge in [0.2, 0.25) is 0 Å². The average Bonchev–Trinajstić information content (AvgIpc) is 2.62. The standard InChI is InChI=1S/C16H20N2S2.C2H6S.Mo.O/c1-17(13-7-3-5-9-15(13)19)11-12-18(2)14-8-4-6-10-16(14)20;1-2-3;;/h3-10,19-20H,11-12H2,1-2H3;3H,2H2,1H3;;/p-3. The number of anilines is 2. The number of rotatable bonds is 5. The number of para-hydroxylation sites is 2. The Kier molecular flexibility index (Phi) is 14.1. The quantitative estimate of drug-likeness (QED) is 0.485. The molecule has 0 N–H and O–H groups in total. The Hall–Kier alpha value is -0.682. The van der Waals surface area contributed by atoms with E-state index in [1.54, 1.807) is 0 Å². The molecule has 0 unspecified atom stereocenters. The second-order valence-electron chi connectivity index (χ2n) is 5.07. The van der Waals surface area contributed by atoms with Gasteiger partial charge in [0.25, 0.3) is 0 Å². The van der Waals surface area contributed by atoms with E-state index in [0.29, 0.717) is 19.8 Å². The molecule has 7 heteroatoms. The minimum absolute atomic E-state index is 0.700. The van der Waals surface area contributed by atoms with Crippen LogP contribution < -0.4 is 9.80 Å². The molecule has 0 saturated carbocycles. The van der Waals surface area contributed by atoms with E-state index in [-0.39, 0.29) is 0 Å². The average molecular weight is 476 g/mol. The third kappa shape index (κ3) is 9.00. The number of likely N-dealkylation sites (N-methyl/N-ethyl adjacent to an activating group) is 2. The fourth-order valence-electron chi connectivity index (χ4n) is 2.09. The van der Waals surface area contributed by atoms with Gasteiger partial charge in [-0.1, -0.05) is 43.3 Å². The summed E-state index contributed by atoms with van der Waals surface area (Å²) in [6.45, 7) is 3.73. The molecule has 0 aliphatic heterocycles. The van der Waals surface area contributed by atoms with Crippen molar-refractivity contribution in [2.75, 3.05) is 42.7 Å². The molecule has 0 aliphatic carbocycles. The van der Waals surface area contributed by atoms with Gasteiger partial charge in [0, 0.05) is 38.6 Å². The van der Waals surface area contributed by atoms with E-state index < -0.39 is 0 Å². The molecule has 3 nitrogen and oxygen atoms in total. The summed E-state index contributed by atoms with van der Waals surface area (Å²) in [6.07, 6.45) is 0. The van der Waals surface area contributed by atoms with E-state index in [0.717, 1.165) is 40.0 Å². The Morgan fingerprint density at radius 3 is 1.36 bits per heavy atom. The van der Waals surface area contributed by atoms with Crippen molar-refractivity contribution >= 4 is 49.3 Å². The minimum atomic E-state index is 0.700. The molecule has 0 atom stereocenters. The van der Waals surface area contributed by atoms with Gasteiger partial charge in [-0.2, -0.15) is 15.5 Å². The van der Waals surface area contributed by atoms with Crippen LogP contribution in [0.2, 0.25) is 0 Å². The summed E-state index contributed by atoms with van der Waals surface area (Å²) in [7, 11) is 4.14. The third-order valence-electron chi connectivity index (χ3n) is 3.32. The number of nitrogens with zero attached hydrogens (tertiary/aromatic N) is 2. The first-order valence-corrected chi connectivity index (χ1v) is 9.91. The van der Waals surface area contributed by atoms with Crippen LogP contribution in [0, 0.1) is 0 Å². The van der Waals surface area contributed by atoms with Gasteiger partial charge in [-0.05, 0) is 12.1 Å². The van der Waals surface area contributed by atoms with Crippen LogP contribution in [0.15, 0.2) is 58.3 Å². The molecule has 0 heterocycles. The zero-order valence-corrected chi connectivity index (χ0v) is 19.1. The van der Waals surface area contributed by atoms with Gasteiger partial charge >= 0.3 is 23.2 Å². The number of benzene rings is 2. The number of hydrogen-bond donors (Lipinski definition) is 0. The molecule has 2 rings (SSSR count). The first-order chi connectivity index (χ1) is 12.0. The Morgan fingerprint density at radius 1 is 0.800 bits per heavy atom. The van der Waals surface area contributed by atoms with Crippen molar-refractivity contribution in [2.24, 2.45) is 0 Å². The maximum atomic E-state index is 8.26. The number of hydrogen-bond acceptors (Lipinski definition) is 6. The van der Waals surface area contributed by atoms with Gasteiger partial charge < -0.3 is 47.7 Å². The second-order valence-corrected chi connectivity index (χ2v) is 6.52. The van der Waals surface area contributed by atoms with Crippen LogP contribution >= 0.6 is 0 Å². The Morgan fingerprint density at radius 2 is 1.08 bits per heavy atom. The Labute approximate surface area is 179 Å². The topological polar surface area (TPSA) is 23.6 Å². The first kappa shape index (κ1) is 24.3. The van der Waals surface area contributed by atoms with Crippen molar-refractivity contribution in [1.29, 1.82) is 0 Å². The normalized spacial score (nSPS) is 9.12. The molecule has 2 aromatic rings. The zero-order chi connectivity index (χ0) is 19.2. The van der Waals surface area contributed by atoms with Crippen LogP contribution in [-0.4, -0.2) is 32.9 Å². The monoisotopic (exact) mass is 477 g/mol. The van der Waals surface area contributed by atoms with Crippen molar-refractivity contribution in [3.05, 3.63) is 48.5 Å². The van der Waals surface area contributed by atoms with E-state index in [1.807, 2.05) is 43.3 Å². The van der Waals surface area contributed by atoms with Crippen molar-refractivity contribution in [3.8, 4) is 0 Å². The summed E-state index contributed by atoms with van der Waals surface area (Å²) in [5.74, 6) is 0.833.